The van der Waals surface area contributed by atoms with Crippen LogP contribution in [0.5, 0.6) is 0 Å². The van der Waals surface area contributed by atoms with E-state index in [9.17, 15) is 5.11 Å². The number of guanidine groups is 1. The average Bonchev–Trinajstić information content (AvgIpc) is 3.09. The molecule has 1 fully saturated rings. The van der Waals surface area contributed by atoms with Crippen LogP contribution in [0.1, 0.15) is 45.0 Å². The molecule has 0 amide bonds. The van der Waals surface area contributed by atoms with E-state index in [0.717, 1.165) is 38.4 Å². The first kappa shape index (κ1) is 17.8. The second-order valence-electron chi connectivity index (χ2n) is 6.01. The monoisotopic (exact) mass is 322 g/mol. The molecule has 1 saturated heterocycles. The molecule has 0 aliphatic carbocycles. The lowest BCUT2D eigenvalue weighted by Crippen LogP contribution is -2.48. The van der Waals surface area contributed by atoms with Crippen molar-refractivity contribution < 1.29 is 9.52 Å². The highest BCUT2D eigenvalue weighted by Crippen LogP contribution is 2.13. The van der Waals surface area contributed by atoms with Crippen LogP contribution in [-0.4, -0.2) is 54.7 Å². The maximum absolute atomic E-state index is 10.1. The number of likely N-dealkylation sites (tertiary alicyclic amines) is 1. The van der Waals surface area contributed by atoms with Gasteiger partial charge in [0, 0.05) is 25.7 Å². The molecule has 0 aromatic carbocycles. The largest absolute Gasteiger partial charge is 0.467 e. The first-order valence-electron chi connectivity index (χ1n) is 8.71. The van der Waals surface area contributed by atoms with Gasteiger partial charge in [-0.05, 0) is 44.9 Å². The van der Waals surface area contributed by atoms with Gasteiger partial charge in [0.1, 0.15) is 11.9 Å². The van der Waals surface area contributed by atoms with Crippen molar-refractivity contribution >= 4 is 5.96 Å². The average molecular weight is 322 g/mol. The van der Waals surface area contributed by atoms with E-state index in [1.165, 1.54) is 13.0 Å². The number of rotatable bonds is 7. The van der Waals surface area contributed by atoms with Crippen molar-refractivity contribution in [2.75, 3.05) is 32.7 Å². The zero-order chi connectivity index (χ0) is 16.5. The van der Waals surface area contributed by atoms with Crippen molar-refractivity contribution in [3.8, 4) is 0 Å². The van der Waals surface area contributed by atoms with E-state index in [0.29, 0.717) is 11.8 Å². The molecule has 1 aliphatic rings. The van der Waals surface area contributed by atoms with E-state index in [-0.39, 0.29) is 6.54 Å². The third-order valence-electron chi connectivity index (χ3n) is 4.11. The molecule has 1 aliphatic heterocycles. The number of hydrogen-bond acceptors (Lipinski definition) is 4. The Labute approximate surface area is 139 Å². The molecule has 2 rings (SSSR count). The van der Waals surface area contributed by atoms with Gasteiger partial charge in [-0.25, -0.2) is 0 Å². The molecule has 2 heterocycles. The number of aliphatic hydroxyl groups excluding tert-OH is 1. The quantitative estimate of drug-likeness (QED) is 0.527. The van der Waals surface area contributed by atoms with Gasteiger partial charge < -0.3 is 25.1 Å². The molecule has 0 bridgehead atoms. The highest BCUT2D eigenvalue weighted by Gasteiger charge is 2.19. The standard InChI is InChI=1S/C17H30N4O2/c1-3-9-21-10-7-14(8-11-21)20-17(18-4-2)19-13-15(22)16-6-5-12-23-16/h5-6,12,14-15,22H,3-4,7-11,13H2,1-2H3,(H2,18,19,20). The first-order valence-corrected chi connectivity index (χ1v) is 8.71. The van der Waals surface area contributed by atoms with Crippen LogP contribution in [0.4, 0.5) is 0 Å². The van der Waals surface area contributed by atoms with E-state index in [4.69, 9.17) is 4.42 Å². The van der Waals surface area contributed by atoms with Crippen LogP contribution in [0.2, 0.25) is 0 Å². The Hall–Kier alpha value is -1.53. The van der Waals surface area contributed by atoms with Crippen LogP contribution < -0.4 is 10.6 Å². The molecule has 1 atom stereocenters. The summed E-state index contributed by atoms with van der Waals surface area (Å²) in [7, 11) is 0. The van der Waals surface area contributed by atoms with Gasteiger partial charge in [0.15, 0.2) is 5.96 Å². The fraction of sp³-hybridized carbons (Fsp3) is 0.706. The predicted molar refractivity (Wildman–Crippen MR) is 92.5 cm³/mol. The molecular weight excluding hydrogens is 292 g/mol. The van der Waals surface area contributed by atoms with Crippen LogP contribution in [0.3, 0.4) is 0 Å². The molecule has 0 spiro atoms. The van der Waals surface area contributed by atoms with Gasteiger partial charge in [0.2, 0.25) is 0 Å². The van der Waals surface area contributed by atoms with Crippen LogP contribution in [-0.2, 0) is 0 Å². The smallest absolute Gasteiger partial charge is 0.191 e. The second kappa shape index (κ2) is 9.57. The maximum atomic E-state index is 10.1. The Morgan fingerprint density at radius 1 is 1.43 bits per heavy atom. The molecule has 3 N–H and O–H groups in total. The van der Waals surface area contributed by atoms with Crippen molar-refractivity contribution in [1.29, 1.82) is 0 Å². The molecule has 1 unspecified atom stereocenters. The van der Waals surface area contributed by atoms with Crippen LogP contribution >= 0.6 is 0 Å². The molecule has 130 valence electrons. The third kappa shape index (κ3) is 5.88. The molecular formula is C17H30N4O2. The van der Waals surface area contributed by atoms with E-state index in [1.54, 1.807) is 18.4 Å². The Kier molecular flexibility index (Phi) is 7.42. The Morgan fingerprint density at radius 3 is 2.83 bits per heavy atom. The van der Waals surface area contributed by atoms with Crippen molar-refractivity contribution in [3.63, 3.8) is 0 Å². The molecule has 6 heteroatoms. The van der Waals surface area contributed by atoms with Crippen molar-refractivity contribution in [3.05, 3.63) is 24.2 Å². The maximum Gasteiger partial charge on any atom is 0.191 e. The SMILES string of the molecule is CCCN1CCC(NC(=NCC(O)c2ccco2)NCC)CC1. The second-order valence-corrected chi connectivity index (χ2v) is 6.01. The summed E-state index contributed by atoms with van der Waals surface area (Å²) in [6, 6.07) is 3.99. The normalized spacial score (nSPS) is 18.8. The predicted octanol–water partition coefficient (Wildman–Crippen LogP) is 1.74. The van der Waals surface area contributed by atoms with Gasteiger partial charge in [-0.1, -0.05) is 6.92 Å². The zero-order valence-electron chi connectivity index (χ0n) is 14.3. The minimum Gasteiger partial charge on any atom is -0.467 e. The number of aliphatic hydroxyl groups is 1. The summed E-state index contributed by atoms with van der Waals surface area (Å²) >= 11 is 0. The number of aliphatic imine (C=N–C) groups is 1. The van der Waals surface area contributed by atoms with Crippen LogP contribution in [0.25, 0.3) is 0 Å². The lowest BCUT2D eigenvalue weighted by atomic mass is 10.1. The van der Waals surface area contributed by atoms with Gasteiger partial charge in [0.25, 0.3) is 0 Å². The fourth-order valence-corrected chi connectivity index (χ4v) is 2.88. The summed E-state index contributed by atoms with van der Waals surface area (Å²) < 4.78 is 5.21. The lowest BCUT2D eigenvalue weighted by Gasteiger charge is -2.32. The lowest BCUT2D eigenvalue weighted by molar-refractivity contribution is 0.158. The van der Waals surface area contributed by atoms with Gasteiger partial charge in [-0.2, -0.15) is 0 Å². The van der Waals surface area contributed by atoms with E-state index in [1.807, 2.05) is 6.92 Å². The summed E-state index contributed by atoms with van der Waals surface area (Å²) in [5, 5.41) is 16.8. The molecule has 23 heavy (non-hydrogen) atoms. The summed E-state index contributed by atoms with van der Waals surface area (Å²) in [6.07, 6.45) is 4.34. The van der Waals surface area contributed by atoms with Crippen LogP contribution in [0.15, 0.2) is 27.8 Å². The Balaban J connectivity index is 1.82. The van der Waals surface area contributed by atoms with Crippen LogP contribution in [0, 0.1) is 0 Å². The van der Waals surface area contributed by atoms with Gasteiger partial charge in [-0.3, -0.25) is 4.99 Å². The first-order chi connectivity index (χ1) is 11.2. The fourth-order valence-electron chi connectivity index (χ4n) is 2.88. The minimum atomic E-state index is -0.702. The minimum absolute atomic E-state index is 0.289. The molecule has 1 aromatic heterocycles. The zero-order valence-corrected chi connectivity index (χ0v) is 14.3. The Bertz CT molecular complexity index is 453. The Morgan fingerprint density at radius 2 is 2.22 bits per heavy atom. The number of nitrogens with zero attached hydrogens (tertiary/aromatic N) is 2. The number of hydrogen-bond donors (Lipinski definition) is 3. The van der Waals surface area contributed by atoms with E-state index in [2.05, 4.69) is 27.4 Å². The molecule has 0 radical (unpaired) electrons. The summed E-state index contributed by atoms with van der Waals surface area (Å²) in [5.41, 5.74) is 0. The van der Waals surface area contributed by atoms with Crippen molar-refractivity contribution in [2.24, 2.45) is 4.99 Å². The number of nitrogens with one attached hydrogen (secondary N) is 2. The van der Waals surface area contributed by atoms with Crippen molar-refractivity contribution in [1.82, 2.24) is 15.5 Å². The van der Waals surface area contributed by atoms with Gasteiger partial charge in [0.05, 0.1) is 12.8 Å². The highest BCUT2D eigenvalue weighted by molar-refractivity contribution is 5.80. The molecule has 6 nitrogen and oxygen atoms in total. The summed E-state index contributed by atoms with van der Waals surface area (Å²) in [6.45, 7) is 8.83. The highest BCUT2D eigenvalue weighted by atomic mass is 16.4. The number of furan rings is 1. The summed E-state index contributed by atoms with van der Waals surface area (Å²) in [5.74, 6) is 1.32. The number of piperidine rings is 1. The third-order valence-corrected chi connectivity index (χ3v) is 4.11. The summed E-state index contributed by atoms with van der Waals surface area (Å²) in [4.78, 5) is 7.01. The van der Waals surface area contributed by atoms with Crippen molar-refractivity contribution in [2.45, 2.75) is 45.3 Å². The molecule has 1 aromatic rings. The topological polar surface area (TPSA) is 73.0 Å². The van der Waals surface area contributed by atoms with E-state index >= 15 is 0 Å². The van der Waals surface area contributed by atoms with Gasteiger partial charge >= 0.3 is 0 Å². The molecule has 0 saturated carbocycles. The van der Waals surface area contributed by atoms with Gasteiger partial charge in [-0.15, -0.1) is 0 Å². The van der Waals surface area contributed by atoms with E-state index < -0.39 is 6.10 Å².